The van der Waals surface area contributed by atoms with Crippen LogP contribution in [0.25, 0.3) is 0 Å². The Labute approximate surface area is 127 Å². The molecule has 2 rings (SSSR count). The Balaban J connectivity index is 2.24. The van der Waals surface area contributed by atoms with Gasteiger partial charge < -0.3 is 9.64 Å². The largest absolute Gasteiger partial charge is 0.372 e. The van der Waals surface area contributed by atoms with Gasteiger partial charge in [-0.05, 0) is 37.8 Å². The van der Waals surface area contributed by atoms with E-state index in [1.807, 2.05) is 6.92 Å². The third kappa shape index (κ3) is 4.15. The van der Waals surface area contributed by atoms with Gasteiger partial charge in [0.1, 0.15) is 11.6 Å². The Morgan fingerprint density at radius 3 is 2.81 bits per heavy atom. The van der Waals surface area contributed by atoms with Gasteiger partial charge in [-0.3, -0.25) is 14.9 Å². The molecule has 1 aliphatic carbocycles. The Bertz CT molecular complexity index is 546. The van der Waals surface area contributed by atoms with Crippen molar-refractivity contribution in [2.45, 2.75) is 19.8 Å². The molecule has 0 unspecified atom stereocenters. The second-order valence-corrected chi connectivity index (χ2v) is 5.38. The van der Waals surface area contributed by atoms with E-state index >= 15 is 0 Å². The second-order valence-electron chi connectivity index (χ2n) is 4.98. The van der Waals surface area contributed by atoms with Gasteiger partial charge in [-0.25, -0.2) is 0 Å². The lowest BCUT2D eigenvalue weighted by Gasteiger charge is -2.22. The Kier molecular flexibility index (Phi) is 5.14. The molecule has 1 aromatic rings. The van der Waals surface area contributed by atoms with Crippen molar-refractivity contribution >= 4 is 28.9 Å². The minimum Gasteiger partial charge on any atom is -0.372 e. The molecule has 1 amide bonds. The van der Waals surface area contributed by atoms with Crippen molar-refractivity contribution in [1.82, 2.24) is 0 Å². The van der Waals surface area contributed by atoms with Crippen LogP contribution >= 0.6 is 11.6 Å². The number of nitrogens with zero attached hydrogens (tertiary/aromatic N) is 2. The SMILES string of the molecule is CCOCC(=O)N(CC1CC1)c1ccc(Cl)c([N+](=O)[O-])c1. The van der Waals surface area contributed by atoms with Crippen LogP contribution in [0.1, 0.15) is 19.8 Å². The molecule has 1 fully saturated rings. The van der Waals surface area contributed by atoms with Crippen molar-refractivity contribution in [3.05, 3.63) is 33.3 Å². The van der Waals surface area contributed by atoms with Gasteiger partial charge in [-0.2, -0.15) is 0 Å². The molecule has 0 atom stereocenters. The van der Waals surface area contributed by atoms with Crippen molar-refractivity contribution in [2.24, 2.45) is 5.92 Å². The number of hydrogen-bond donors (Lipinski definition) is 0. The molecule has 0 heterocycles. The summed E-state index contributed by atoms with van der Waals surface area (Å²) in [5, 5.41) is 11.0. The van der Waals surface area contributed by atoms with E-state index in [2.05, 4.69) is 0 Å². The van der Waals surface area contributed by atoms with Crippen LogP contribution in [-0.2, 0) is 9.53 Å². The van der Waals surface area contributed by atoms with Crippen LogP contribution in [0.5, 0.6) is 0 Å². The van der Waals surface area contributed by atoms with Crippen molar-refractivity contribution in [3.63, 3.8) is 0 Å². The van der Waals surface area contributed by atoms with Crippen LogP contribution in [0.4, 0.5) is 11.4 Å². The number of carbonyl (C=O) groups excluding carboxylic acids is 1. The maximum Gasteiger partial charge on any atom is 0.289 e. The maximum atomic E-state index is 12.2. The van der Waals surface area contributed by atoms with Crippen LogP contribution in [-0.4, -0.2) is 30.6 Å². The average molecular weight is 313 g/mol. The molecule has 1 saturated carbocycles. The molecular weight excluding hydrogens is 296 g/mol. The highest BCUT2D eigenvalue weighted by atomic mass is 35.5. The lowest BCUT2D eigenvalue weighted by molar-refractivity contribution is -0.384. The van der Waals surface area contributed by atoms with Crippen molar-refractivity contribution < 1.29 is 14.5 Å². The molecule has 21 heavy (non-hydrogen) atoms. The summed E-state index contributed by atoms with van der Waals surface area (Å²) in [5.74, 6) is 0.269. The zero-order valence-corrected chi connectivity index (χ0v) is 12.5. The van der Waals surface area contributed by atoms with Gasteiger partial charge in [-0.1, -0.05) is 11.6 Å². The molecule has 1 aromatic carbocycles. The molecule has 114 valence electrons. The smallest absolute Gasteiger partial charge is 0.289 e. The third-order valence-electron chi connectivity index (χ3n) is 3.31. The Hall–Kier alpha value is -1.66. The van der Waals surface area contributed by atoms with Gasteiger partial charge in [0.05, 0.1) is 10.6 Å². The number of anilines is 1. The first-order valence-corrected chi connectivity index (χ1v) is 7.22. The van der Waals surface area contributed by atoms with Gasteiger partial charge in [0, 0.05) is 19.2 Å². The van der Waals surface area contributed by atoms with Crippen LogP contribution in [0, 0.1) is 16.0 Å². The van der Waals surface area contributed by atoms with Crippen LogP contribution in [0.2, 0.25) is 5.02 Å². The fourth-order valence-electron chi connectivity index (χ4n) is 1.99. The Morgan fingerprint density at radius 1 is 1.52 bits per heavy atom. The predicted octanol–water partition coefficient (Wildman–Crippen LogP) is 3.03. The molecular formula is C14H17ClN2O4. The number of hydrogen-bond acceptors (Lipinski definition) is 4. The maximum absolute atomic E-state index is 12.2. The summed E-state index contributed by atoms with van der Waals surface area (Å²) in [4.78, 5) is 24.2. The summed E-state index contributed by atoms with van der Waals surface area (Å²) in [6.45, 7) is 2.79. The van der Waals surface area contributed by atoms with Crippen LogP contribution in [0.15, 0.2) is 18.2 Å². The quantitative estimate of drug-likeness (QED) is 0.573. The number of halogens is 1. The molecule has 0 bridgehead atoms. The van der Waals surface area contributed by atoms with E-state index in [1.165, 1.54) is 12.1 Å². The highest BCUT2D eigenvalue weighted by molar-refractivity contribution is 6.32. The number of amides is 1. The summed E-state index contributed by atoms with van der Waals surface area (Å²) in [6, 6.07) is 4.42. The fourth-order valence-corrected chi connectivity index (χ4v) is 2.17. The minimum atomic E-state index is -0.547. The first-order valence-electron chi connectivity index (χ1n) is 6.85. The van der Waals surface area contributed by atoms with E-state index < -0.39 is 4.92 Å². The van der Waals surface area contributed by atoms with Gasteiger partial charge in [-0.15, -0.1) is 0 Å². The molecule has 6 nitrogen and oxygen atoms in total. The number of nitro benzene ring substituents is 1. The fraction of sp³-hybridized carbons (Fsp3) is 0.500. The van der Waals surface area contributed by atoms with E-state index in [9.17, 15) is 14.9 Å². The third-order valence-corrected chi connectivity index (χ3v) is 3.63. The van der Waals surface area contributed by atoms with Crippen molar-refractivity contribution in [3.8, 4) is 0 Å². The van der Waals surface area contributed by atoms with Gasteiger partial charge >= 0.3 is 0 Å². The van der Waals surface area contributed by atoms with Crippen LogP contribution in [0.3, 0.4) is 0 Å². The molecule has 0 radical (unpaired) electrons. The second kappa shape index (κ2) is 6.87. The van der Waals surface area contributed by atoms with Gasteiger partial charge in [0.25, 0.3) is 11.6 Å². The number of benzene rings is 1. The first-order chi connectivity index (χ1) is 10.0. The van der Waals surface area contributed by atoms with Crippen LogP contribution < -0.4 is 4.90 Å². The first kappa shape index (κ1) is 15.7. The molecule has 1 aliphatic rings. The van der Waals surface area contributed by atoms with E-state index in [1.54, 1.807) is 11.0 Å². The number of rotatable bonds is 7. The summed E-state index contributed by atoms with van der Waals surface area (Å²) < 4.78 is 5.15. The normalized spacial score (nSPS) is 14.0. The lowest BCUT2D eigenvalue weighted by Crippen LogP contribution is -2.35. The molecule has 0 aromatic heterocycles. The van der Waals surface area contributed by atoms with Gasteiger partial charge in [0.2, 0.25) is 0 Å². The highest BCUT2D eigenvalue weighted by Crippen LogP contribution is 2.34. The molecule has 0 N–H and O–H groups in total. The minimum absolute atomic E-state index is 0.0281. The number of nitro groups is 1. The summed E-state index contributed by atoms with van der Waals surface area (Å²) >= 11 is 5.81. The lowest BCUT2D eigenvalue weighted by atomic mass is 10.2. The van der Waals surface area contributed by atoms with Gasteiger partial charge in [0.15, 0.2) is 0 Å². The van der Waals surface area contributed by atoms with Crippen molar-refractivity contribution in [2.75, 3.05) is 24.7 Å². The molecule has 0 spiro atoms. The average Bonchev–Trinajstić information content (AvgIpc) is 3.26. The number of ether oxygens (including phenoxy) is 1. The zero-order chi connectivity index (χ0) is 15.4. The van der Waals surface area contributed by atoms with E-state index in [0.717, 1.165) is 12.8 Å². The Morgan fingerprint density at radius 2 is 2.24 bits per heavy atom. The summed E-state index contributed by atoms with van der Waals surface area (Å²) in [6.07, 6.45) is 2.15. The predicted molar refractivity (Wildman–Crippen MR) is 79.7 cm³/mol. The van der Waals surface area contributed by atoms with E-state index in [4.69, 9.17) is 16.3 Å². The summed E-state index contributed by atoms with van der Waals surface area (Å²) in [5.41, 5.74) is 0.293. The van der Waals surface area contributed by atoms with E-state index in [-0.39, 0.29) is 23.2 Å². The molecule has 0 saturated heterocycles. The molecule has 0 aliphatic heterocycles. The molecule has 7 heteroatoms. The monoisotopic (exact) mass is 312 g/mol. The topological polar surface area (TPSA) is 72.7 Å². The zero-order valence-electron chi connectivity index (χ0n) is 11.8. The van der Waals surface area contributed by atoms with Crippen molar-refractivity contribution in [1.29, 1.82) is 0 Å². The summed E-state index contributed by atoms with van der Waals surface area (Å²) in [7, 11) is 0. The van der Waals surface area contributed by atoms with E-state index in [0.29, 0.717) is 24.8 Å². The number of carbonyl (C=O) groups is 1. The standard InChI is InChI=1S/C14H17ClN2O4/c1-2-21-9-14(18)16(8-10-3-4-10)11-5-6-12(15)13(7-11)17(19)20/h5-7,10H,2-4,8-9H2,1H3. The highest BCUT2D eigenvalue weighted by Gasteiger charge is 2.28.